The second-order valence-corrected chi connectivity index (χ2v) is 6.06. The summed E-state index contributed by atoms with van der Waals surface area (Å²) in [5.74, 6) is 0.670. The minimum absolute atomic E-state index is 0.0347. The lowest BCUT2D eigenvalue weighted by molar-refractivity contribution is -0.120. The Morgan fingerprint density at radius 2 is 2.10 bits per heavy atom. The highest BCUT2D eigenvalue weighted by molar-refractivity contribution is 6.33. The number of anilines is 1. The van der Waals surface area contributed by atoms with Gasteiger partial charge in [0, 0.05) is 33.6 Å². The van der Waals surface area contributed by atoms with Gasteiger partial charge in [-0.1, -0.05) is 31.5 Å². The van der Waals surface area contributed by atoms with E-state index in [-0.39, 0.29) is 5.91 Å². The SMILES string of the molecule is CNC(=O)CCN(C)c1ccc(CNCC(C)C)cc1Cl. The van der Waals surface area contributed by atoms with E-state index in [1.54, 1.807) is 7.05 Å². The van der Waals surface area contributed by atoms with E-state index in [2.05, 4.69) is 30.5 Å². The summed E-state index contributed by atoms with van der Waals surface area (Å²) in [6.45, 7) is 6.82. The molecule has 0 aliphatic heterocycles. The lowest BCUT2D eigenvalue weighted by Gasteiger charge is -2.21. The molecule has 1 rings (SSSR count). The fourth-order valence-corrected chi connectivity index (χ4v) is 2.34. The summed E-state index contributed by atoms with van der Waals surface area (Å²) < 4.78 is 0. The van der Waals surface area contributed by atoms with Crippen molar-refractivity contribution in [2.24, 2.45) is 5.92 Å². The van der Waals surface area contributed by atoms with Crippen LogP contribution in [0.5, 0.6) is 0 Å². The molecule has 1 aromatic rings. The van der Waals surface area contributed by atoms with E-state index in [4.69, 9.17) is 11.6 Å². The maximum atomic E-state index is 11.3. The van der Waals surface area contributed by atoms with Crippen molar-refractivity contribution in [2.75, 3.05) is 32.1 Å². The van der Waals surface area contributed by atoms with Crippen molar-refractivity contribution in [3.63, 3.8) is 0 Å². The minimum Gasteiger partial charge on any atom is -0.373 e. The van der Waals surface area contributed by atoms with Crippen molar-refractivity contribution in [3.8, 4) is 0 Å². The molecule has 0 atom stereocenters. The second-order valence-electron chi connectivity index (χ2n) is 5.66. The molecule has 0 aliphatic rings. The van der Waals surface area contributed by atoms with Crippen molar-refractivity contribution < 1.29 is 4.79 Å². The Labute approximate surface area is 132 Å². The largest absolute Gasteiger partial charge is 0.373 e. The number of carbonyl (C=O) groups is 1. The van der Waals surface area contributed by atoms with Crippen molar-refractivity contribution in [1.29, 1.82) is 0 Å². The molecule has 0 fully saturated rings. The van der Waals surface area contributed by atoms with Gasteiger partial charge in [0.15, 0.2) is 0 Å². The van der Waals surface area contributed by atoms with Gasteiger partial charge in [0.2, 0.25) is 5.91 Å². The number of hydrogen-bond donors (Lipinski definition) is 2. The Hall–Kier alpha value is -1.26. The first-order chi connectivity index (χ1) is 9.93. The molecule has 0 bridgehead atoms. The number of nitrogens with one attached hydrogen (secondary N) is 2. The van der Waals surface area contributed by atoms with Gasteiger partial charge in [0.05, 0.1) is 10.7 Å². The highest BCUT2D eigenvalue weighted by Crippen LogP contribution is 2.26. The summed E-state index contributed by atoms with van der Waals surface area (Å²) in [5.41, 5.74) is 2.12. The van der Waals surface area contributed by atoms with Gasteiger partial charge < -0.3 is 15.5 Å². The van der Waals surface area contributed by atoms with Gasteiger partial charge in [0.25, 0.3) is 0 Å². The number of benzene rings is 1. The Balaban J connectivity index is 2.58. The monoisotopic (exact) mass is 311 g/mol. The fourth-order valence-electron chi connectivity index (χ4n) is 1.99. The van der Waals surface area contributed by atoms with Crippen LogP contribution in [0.2, 0.25) is 5.02 Å². The molecule has 21 heavy (non-hydrogen) atoms. The van der Waals surface area contributed by atoms with Crippen molar-refractivity contribution >= 4 is 23.2 Å². The summed E-state index contributed by atoms with van der Waals surface area (Å²) in [6.07, 6.45) is 0.459. The van der Waals surface area contributed by atoms with Crippen molar-refractivity contribution in [3.05, 3.63) is 28.8 Å². The van der Waals surface area contributed by atoms with Gasteiger partial charge >= 0.3 is 0 Å². The Kier molecular flexibility index (Phi) is 7.54. The minimum atomic E-state index is 0.0347. The molecule has 1 aromatic carbocycles. The van der Waals surface area contributed by atoms with Crippen molar-refractivity contribution in [2.45, 2.75) is 26.8 Å². The van der Waals surface area contributed by atoms with E-state index in [1.165, 1.54) is 5.56 Å². The van der Waals surface area contributed by atoms with E-state index < -0.39 is 0 Å². The molecule has 4 nitrogen and oxygen atoms in total. The third-order valence-electron chi connectivity index (χ3n) is 3.26. The first kappa shape index (κ1) is 17.8. The zero-order valence-corrected chi connectivity index (χ0v) is 14.1. The van der Waals surface area contributed by atoms with Crippen LogP contribution in [0.3, 0.4) is 0 Å². The molecule has 0 aromatic heterocycles. The van der Waals surface area contributed by atoms with Gasteiger partial charge in [-0.3, -0.25) is 4.79 Å². The zero-order chi connectivity index (χ0) is 15.8. The molecule has 0 saturated carbocycles. The molecule has 5 heteroatoms. The Bertz CT molecular complexity index is 463. The lowest BCUT2D eigenvalue weighted by atomic mass is 10.1. The van der Waals surface area contributed by atoms with Crippen LogP contribution in [-0.2, 0) is 11.3 Å². The number of carbonyl (C=O) groups excluding carboxylic acids is 1. The summed E-state index contributed by atoms with van der Waals surface area (Å²) in [6, 6.07) is 6.07. The quantitative estimate of drug-likeness (QED) is 0.776. The molecule has 0 radical (unpaired) electrons. The number of hydrogen-bond acceptors (Lipinski definition) is 3. The molecule has 118 valence electrons. The molecular formula is C16H26ClN3O. The van der Waals surface area contributed by atoms with Crippen LogP contribution in [-0.4, -0.2) is 33.1 Å². The fraction of sp³-hybridized carbons (Fsp3) is 0.562. The number of halogens is 1. The molecule has 2 N–H and O–H groups in total. The molecule has 0 saturated heterocycles. The number of nitrogens with zero attached hydrogens (tertiary/aromatic N) is 1. The van der Waals surface area contributed by atoms with E-state index >= 15 is 0 Å². The highest BCUT2D eigenvalue weighted by atomic mass is 35.5. The summed E-state index contributed by atoms with van der Waals surface area (Å²) in [7, 11) is 3.59. The van der Waals surface area contributed by atoms with Crippen LogP contribution in [0, 0.1) is 5.92 Å². The third kappa shape index (κ3) is 6.36. The Morgan fingerprint density at radius 1 is 1.38 bits per heavy atom. The molecule has 0 heterocycles. The predicted octanol–water partition coefficient (Wildman–Crippen LogP) is 2.66. The normalized spacial score (nSPS) is 10.8. The van der Waals surface area contributed by atoms with Crippen LogP contribution in [0.15, 0.2) is 18.2 Å². The molecular weight excluding hydrogens is 286 g/mol. The van der Waals surface area contributed by atoms with Crippen LogP contribution in [0.25, 0.3) is 0 Å². The molecule has 0 unspecified atom stereocenters. The van der Waals surface area contributed by atoms with Crippen molar-refractivity contribution in [1.82, 2.24) is 10.6 Å². The van der Waals surface area contributed by atoms with Crippen LogP contribution >= 0.6 is 11.6 Å². The summed E-state index contributed by atoms with van der Waals surface area (Å²) in [4.78, 5) is 13.3. The van der Waals surface area contributed by atoms with E-state index in [0.29, 0.717) is 18.9 Å². The van der Waals surface area contributed by atoms with Crippen LogP contribution < -0.4 is 15.5 Å². The number of amides is 1. The van der Waals surface area contributed by atoms with E-state index in [9.17, 15) is 4.79 Å². The molecule has 0 spiro atoms. The van der Waals surface area contributed by atoms with Gasteiger partial charge in [-0.05, 0) is 30.2 Å². The lowest BCUT2D eigenvalue weighted by Crippen LogP contribution is -2.26. The smallest absolute Gasteiger partial charge is 0.221 e. The first-order valence-electron chi connectivity index (χ1n) is 7.35. The number of rotatable bonds is 8. The Morgan fingerprint density at radius 3 is 2.67 bits per heavy atom. The second kappa shape index (κ2) is 8.90. The average molecular weight is 312 g/mol. The standard InChI is InChI=1S/C16H26ClN3O/c1-12(2)10-19-11-13-5-6-15(14(17)9-13)20(4)8-7-16(21)18-3/h5-6,9,12,19H,7-8,10-11H2,1-4H3,(H,18,21). The van der Waals surface area contributed by atoms with E-state index in [0.717, 1.165) is 23.8 Å². The summed E-state index contributed by atoms with van der Waals surface area (Å²) >= 11 is 6.34. The first-order valence-corrected chi connectivity index (χ1v) is 7.72. The van der Waals surface area contributed by atoms with Crippen LogP contribution in [0.1, 0.15) is 25.8 Å². The molecule has 0 aliphatic carbocycles. The van der Waals surface area contributed by atoms with Gasteiger partial charge in [-0.15, -0.1) is 0 Å². The average Bonchev–Trinajstić information content (AvgIpc) is 2.44. The van der Waals surface area contributed by atoms with Gasteiger partial charge in [-0.2, -0.15) is 0 Å². The van der Waals surface area contributed by atoms with E-state index in [1.807, 2.05) is 24.1 Å². The molecule has 1 amide bonds. The topological polar surface area (TPSA) is 44.4 Å². The summed E-state index contributed by atoms with van der Waals surface area (Å²) in [5, 5.41) is 6.74. The third-order valence-corrected chi connectivity index (χ3v) is 3.56. The predicted molar refractivity (Wildman–Crippen MR) is 90.0 cm³/mol. The highest BCUT2D eigenvalue weighted by Gasteiger charge is 2.08. The zero-order valence-electron chi connectivity index (χ0n) is 13.4. The maximum Gasteiger partial charge on any atom is 0.221 e. The van der Waals surface area contributed by atoms with Crippen LogP contribution in [0.4, 0.5) is 5.69 Å². The maximum absolute atomic E-state index is 11.3. The van der Waals surface area contributed by atoms with Gasteiger partial charge in [0.1, 0.15) is 0 Å². The van der Waals surface area contributed by atoms with Gasteiger partial charge in [-0.25, -0.2) is 0 Å².